The van der Waals surface area contributed by atoms with Crippen LogP contribution in [0.1, 0.15) is 29.4 Å². The number of nitrogens with zero attached hydrogens (tertiary/aromatic N) is 1. The molecule has 0 fully saturated rings. The first-order valence-corrected chi connectivity index (χ1v) is 8.70. The van der Waals surface area contributed by atoms with Crippen LogP contribution >= 0.6 is 0 Å². The number of methoxy groups -OCH3 is 1. The van der Waals surface area contributed by atoms with Crippen LogP contribution in [0.5, 0.6) is 5.75 Å². The van der Waals surface area contributed by atoms with Crippen molar-refractivity contribution in [2.75, 3.05) is 7.11 Å². The summed E-state index contributed by atoms with van der Waals surface area (Å²) in [6, 6.07) is 19.6. The number of H-pyrrole nitrogens is 1. The third kappa shape index (κ3) is 4.51. The van der Waals surface area contributed by atoms with Crippen LogP contribution in [0, 0.1) is 0 Å². The van der Waals surface area contributed by atoms with E-state index < -0.39 is 0 Å². The number of benzene rings is 2. The molecule has 2 N–H and O–H groups in total. The molecule has 1 aromatic heterocycles. The van der Waals surface area contributed by atoms with E-state index in [1.165, 1.54) is 5.56 Å². The molecule has 3 rings (SSSR count). The third-order valence-electron chi connectivity index (χ3n) is 4.29. The van der Waals surface area contributed by atoms with Crippen LogP contribution in [-0.2, 0) is 6.42 Å². The summed E-state index contributed by atoms with van der Waals surface area (Å²) in [7, 11) is 1.66. The first-order valence-electron chi connectivity index (χ1n) is 8.70. The van der Waals surface area contributed by atoms with Gasteiger partial charge in [-0.25, -0.2) is 0 Å². The number of carbonyl (C=O) groups excluding carboxylic acids is 1. The van der Waals surface area contributed by atoms with Gasteiger partial charge in [-0.3, -0.25) is 9.89 Å². The van der Waals surface area contributed by atoms with Crippen molar-refractivity contribution < 1.29 is 9.53 Å². The number of nitrogens with one attached hydrogen (secondary N) is 2. The van der Waals surface area contributed by atoms with E-state index in [9.17, 15) is 4.79 Å². The maximum absolute atomic E-state index is 12.4. The van der Waals surface area contributed by atoms with Gasteiger partial charge >= 0.3 is 0 Å². The van der Waals surface area contributed by atoms with Crippen LogP contribution < -0.4 is 10.1 Å². The minimum absolute atomic E-state index is 0.0630. The largest absolute Gasteiger partial charge is 0.497 e. The number of aryl methyl sites for hydroxylation is 1. The summed E-state index contributed by atoms with van der Waals surface area (Å²) in [6.45, 7) is 2.01. The lowest BCUT2D eigenvalue weighted by Crippen LogP contribution is -2.33. The van der Waals surface area contributed by atoms with Gasteiger partial charge in [0.2, 0.25) is 0 Å². The Kier molecular flexibility index (Phi) is 5.69. The van der Waals surface area contributed by atoms with Crippen molar-refractivity contribution in [1.82, 2.24) is 15.5 Å². The molecule has 0 radical (unpaired) electrons. The van der Waals surface area contributed by atoms with Gasteiger partial charge in [0.1, 0.15) is 11.4 Å². The monoisotopic (exact) mass is 349 g/mol. The zero-order valence-corrected chi connectivity index (χ0v) is 15.0. The Bertz CT molecular complexity index is 841. The molecular formula is C21H23N3O2. The van der Waals surface area contributed by atoms with E-state index in [1.807, 2.05) is 49.4 Å². The lowest BCUT2D eigenvalue weighted by molar-refractivity contribution is 0.0933. The molecule has 0 spiro atoms. The summed E-state index contributed by atoms with van der Waals surface area (Å²) in [5, 5.41) is 10.1. The van der Waals surface area contributed by atoms with E-state index in [0.717, 1.165) is 29.8 Å². The Balaban J connectivity index is 1.53. The van der Waals surface area contributed by atoms with Gasteiger partial charge in [-0.05, 0) is 43.5 Å². The molecule has 0 saturated heterocycles. The molecule has 2 aromatic carbocycles. The standard InChI is InChI=1S/C21H23N3O2/c1-15(8-9-16-10-12-18(26-2)13-11-16)22-21(25)20-14-19(23-24-20)17-6-4-3-5-7-17/h3-7,10-15H,8-9H2,1-2H3,(H,22,25)(H,23,24). The molecule has 0 aliphatic carbocycles. The van der Waals surface area contributed by atoms with Gasteiger partial charge in [0.15, 0.2) is 0 Å². The number of hydrogen-bond acceptors (Lipinski definition) is 3. The van der Waals surface area contributed by atoms with Crippen LogP contribution in [0.2, 0.25) is 0 Å². The van der Waals surface area contributed by atoms with Crippen molar-refractivity contribution in [1.29, 1.82) is 0 Å². The average molecular weight is 349 g/mol. The highest BCUT2D eigenvalue weighted by Gasteiger charge is 2.13. The fourth-order valence-corrected chi connectivity index (χ4v) is 2.74. The molecular weight excluding hydrogens is 326 g/mol. The first kappa shape index (κ1) is 17.7. The molecule has 0 aliphatic rings. The molecule has 1 amide bonds. The number of ether oxygens (including phenoxy) is 1. The fraction of sp³-hybridized carbons (Fsp3) is 0.238. The zero-order valence-electron chi connectivity index (χ0n) is 15.0. The maximum Gasteiger partial charge on any atom is 0.269 e. The van der Waals surface area contributed by atoms with E-state index in [0.29, 0.717) is 5.69 Å². The van der Waals surface area contributed by atoms with Gasteiger partial charge < -0.3 is 10.1 Å². The zero-order chi connectivity index (χ0) is 18.4. The molecule has 1 atom stereocenters. The Morgan fingerprint density at radius 1 is 1.15 bits per heavy atom. The summed E-state index contributed by atoms with van der Waals surface area (Å²) >= 11 is 0. The minimum Gasteiger partial charge on any atom is -0.497 e. The van der Waals surface area contributed by atoms with Crippen molar-refractivity contribution in [3.05, 3.63) is 71.9 Å². The van der Waals surface area contributed by atoms with Crippen LogP contribution in [0.3, 0.4) is 0 Å². The van der Waals surface area contributed by atoms with E-state index in [-0.39, 0.29) is 11.9 Å². The third-order valence-corrected chi connectivity index (χ3v) is 4.29. The van der Waals surface area contributed by atoms with Crippen LogP contribution in [0.4, 0.5) is 0 Å². The van der Waals surface area contributed by atoms with Gasteiger partial charge in [-0.1, -0.05) is 42.5 Å². The number of amides is 1. The SMILES string of the molecule is COc1ccc(CCC(C)NC(=O)c2cc(-c3ccccc3)n[nH]2)cc1. The van der Waals surface area contributed by atoms with Gasteiger partial charge in [0.25, 0.3) is 5.91 Å². The Morgan fingerprint density at radius 3 is 2.58 bits per heavy atom. The summed E-state index contributed by atoms with van der Waals surface area (Å²) < 4.78 is 5.16. The minimum atomic E-state index is -0.137. The quantitative estimate of drug-likeness (QED) is 0.681. The average Bonchev–Trinajstić information content (AvgIpc) is 3.18. The predicted molar refractivity (Wildman–Crippen MR) is 102 cm³/mol. The van der Waals surface area contributed by atoms with Crippen molar-refractivity contribution in [2.45, 2.75) is 25.8 Å². The molecule has 5 nitrogen and oxygen atoms in total. The first-order chi connectivity index (χ1) is 12.7. The molecule has 1 heterocycles. The number of aromatic amines is 1. The van der Waals surface area contributed by atoms with E-state index in [1.54, 1.807) is 13.2 Å². The molecule has 134 valence electrons. The lowest BCUT2D eigenvalue weighted by atomic mass is 10.1. The van der Waals surface area contributed by atoms with Gasteiger partial charge in [-0.2, -0.15) is 5.10 Å². The molecule has 0 bridgehead atoms. The van der Waals surface area contributed by atoms with Crippen LogP contribution in [0.25, 0.3) is 11.3 Å². The Labute approximate surface area is 153 Å². The molecule has 0 aliphatic heterocycles. The highest BCUT2D eigenvalue weighted by atomic mass is 16.5. The second kappa shape index (κ2) is 8.34. The van der Waals surface area contributed by atoms with Gasteiger partial charge in [-0.15, -0.1) is 0 Å². The molecule has 0 saturated carbocycles. The highest BCUT2D eigenvalue weighted by Crippen LogP contribution is 2.17. The van der Waals surface area contributed by atoms with E-state index in [2.05, 4.69) is 27.6 Å². The van der Waals surface area contributed by atoms with Crippen molar-refractivity contribution >= 4 is 5.91 Å². The number of hydrogen-bond donors (Lipinski definition) is 2. The smallest absolute Gasteiger partial charge is 0.269 e. The van der Waals surface area contributed by atoms with Crippen LogP contribution in [0.15, 0.2) is 60.7 Å². The second-order valence-corrected chi connectivity index (χ2v) is 6.29. The summed E-state index contributed by atoms with van der Waals surface area (Å²) in [5.74, 6) is 0.713. The lowest BCUT2D eigenvalue weighted by Gasteiger charge is -2.13. The van der Waals surface area contributed by atoms with Gasteiger partial charge in [0.05, 0.1) is 12.8 Å². The second-order valence-electron chi connectivity index (χ2n) is 6.29. The fourth-order valence-electron chi connectivity index (χ4n) is 2.74. The van der Waals surface area contributed by atoms with Gasteiger partial charge in [0, 0.05) is 11.6 Å². The Morgan fingerprint density at radius 2 is 1.88 bits per heavy atom. The topological polar surface area (TPSA) is 67.0 Å². The molecule has 1 unspecified atom stereocenters. The summed E-state index contributed by atoms with van der Waals surface area (Å²) in [5.41, 5.74) is 3.44. The van der Waals surface area contributed by atoms with Crippen molar-refractivity contribution in [2.24, 2.45) is 0 Å². The van der Waals surface area contributed by atoms with Crippen LogP contribution in [-0.4, -0.2) is 29.3 Å². The predicted octanol–water partition coefficient (Wildman–Crippen LogP) is 3.84. The number of rotatable bonds is 7. The van der Waals surface area contributed by atoms with Crippen molar-refractivity contribution in [3.8, 4) is 17.0 Å². The normalized spacial score (nSPS) is 11.8. The number of aromatic nitrogens is 2. The van der Waals surface area contributed by atoms with Crippen molar-refractivity contribution in [3.63, 3.8) is 0 Å². The number of carbonyl (C=O) groups is 1. The summed E-state index contributed by atoms with van der Waals surface area (Å²) in [4.78, 5) is 12.4. The maximum atomic E-state index is 12.4. The highest BCUT2D eigenvalue weighted by molar-refractivity contribution is 5.93. The Hall–Kier alpha value is -3.08. The molecule has 5 heteroatoms. The molecule has 26 heavy (non-hydrogen) atoms. The van der Waals surface area contributed by atoms with E-state index >= 15 is 0 Å². The van der Waals surface area contributed by atoms with E-state index in [4.69, 9.17) is 4.74 Å². The molecule has 3 aromatic rings. The summed E-state index contributed by atoms with van der Waals surface area (Å²) in [6.07, 6.45) is 1.75.